The van der Waals surface area contributed by atoms with Gasteiger partial charge in [-0.05, 0) is 32.9 Å². The zero-order valence-electron chi connectivity index (χ0n) is 11.7. The van der Waals surface area contributed by atoms with Crippen molar-refractivity contribution in [1.29, 1.82) is 0 Å². The molecule has 19 heavy (non-hydrogen) atoms. The van der Waals surface area contributed by atoms with Gasteiger partial charge in [0.2, 0.25) is 11.8 Å². The zero-order chi connectivity index (χ0) is 13.9. The Bertz CT molecular complexity index is 441. The molecule has 6 heteroatoms. The molecule has 1 aliphatic heterocycles. The lowest BCUT2D eigenvalue weighted by molar-refractivity contribution is 0.0144. The quantitative estimate of drug-likeness (QED) is 0.873. The number of rotatable bonds is 3. The van der Waals surface area contributed by atoms with E-state index in [1.807, 2.05) is 0 Å². The van der Waals surface area contributed by atoms with E-state index in [4.69, 9.17) is 9.47 Å². The first kappa shape index (κ1) is 14.0. The maximum Gasteiger partial charge on any atom is 0.241 e. The van der Waals surface area contributed by atoms with Gasteiger partial charge in [0, 0.05) is 6.54 Å². The first-order valence-corrected chi connectivity index (χ1v) is 6.45. The summed E-state index contributed by atoms with van der Waals surface area (Å²) in [5, 5.41) is 10.9. The summed E-state index contributed by atoms with van der Waals surface area (Å²) in [5.41, 5.74) is -0.471. The summed E-state index contributed by atoms with van der Waals surface area (Å²) in [7, 11) is 5.11. The van der Waals surface area contributed by atoms with Gasteiger partial charge in [-0.2, -0.15) is 4.98 Å². The smallest absolute Gasteiger partial charge is 0.241 e. The fourth-order valence-corrected chi connectivity index (χ4v) is 2.41. The summed E-state index contributed by atoms with van der Waals surface area (Å²) in [6.07, 6.45) is 3.73. The molecule has 6 nitrogen and oxygen atoms in total. The van der Waals surface area contributed by atoms with Crippen LogP contribution in [0.15, 0.2) is 6.20 Å². The van der Waals surface area contributed by atoms with Gasteiger partial charge < -0.3 is 19.5 Å². The minimum absolute atomic E-state index is 0.339. The number of hydrogen-bond donors (Lipinski definition) is 1. The summed E-state index contributed by atoms with van der Waals surface area (Å²) >= 11 is 0. The lowest BCUT2D eigenvalue weighted by Crippen LogP contribution is -2.29. The van der Waals surface area contributed by atoms with E-state index in [-0.39, 0.29) is 0 Å². The van der Waals surface area contributed by atoms with E-state index in [2.05, 4.69) is 21.9 Å². The molecule has 2 heterocycles. The van der Waals surface area contributed by atoms with Crippen molar-refractivity contribution in [2.45, 2.75) is 24.9 Å². The Balaban J connectivity index is 2.33. The molecule has 2 rings (SSSR count). The van der Waals surface area contributed by atoms with Crippen LogP contribution in [0, 0.1) is 0 Å². The van der Waals surface area contributed by atoms with E-state index in [0.29, 0.717) is 30.3 Å². The predicted molar refractivity (Wildman–Crippen MR) is 70.4 cm³/mol. The van der Waals surface area contributed by atoms with Crippen molar-refractivity contribution in [2.24, 2.45) is 0 Å². The van der Waals surface area contributed by atoms with Crippen molar-refractivity contribution >= 4 is 0 Å². The summed E-state index contributed by atoms with van der Waals surface area (Å²) in [5.74, 6) is 0.723. The lowest BCUT2D eigenvalue weighted by atomic mass is 9.91. The number of ether oxygens (including phenoxy) is 2. The molecule has 1 fully saturated rings. The fraction of sp³-hybridized carbons (Fsp3) is 0.692. The molecule has 1 N–H and O–H groups in total. The van der Waals surface area contributed by atoms with Crippen LogP contribution >= 0.6 is 0 Å². The zero-order valence-corrected chi connectivity index (χ0v) is 11.7. The largest absolute Gasteiger partial charge is 0.480 e. The highest BCUT2D eigenvalue weighted by Gasteiger charge is 2.36. The van der Waals surface area contributed by atoms with Gasteiger partial charge in [-0.25, -0.2) is 4.98 Å². The van der Waals surface area contributed by atoms with E-state index < -0.39 is 5.60 Å². The van der Waals surface area contributed by atoms with Gasteiger partial charge in [0.1, 0.15) is 11.3 Å². The molecule has 106 valence electrons. The van der Waals surface area contributed by atoms with Crippen LogP contribution in [0.3, 0.4) is 0 Å². The molecule has 1 aromatic rings. The van der Waals surface area contributed by atoms with Crippen molar-refractivity contribution in [1.82, 2.24) is 14.9 Å². The first-order chi connectivity index (χ1) is 9.09. The van der Waals surface area contributed by atoms with Gasteiger partial charge in [-0.3, -0.25) is 0 Å². The van der Waals surface area contributed by atoms with E-state index >= 15 is 0 Å². The predicted octanol–water partition coefficient (Wildman–Crippen LogP) is 0.797. The van der Waals surface area contributed by atoms with Crippen LogP contribution in [0.4, 0.5) is 0 Å². The van der Waals surface area contributed by atoms with Crippen LogP contribution in [-0.2, 0) is 5.60 Å². The molecule has 1 aliphatic rings. The van der Waals surface area contributed by atoms with Crippen molar-refractivity contribution < 1.29 is 14.6 Å². The molecule has 1 atom stereocenters. The topological polar surface area (TPSA) is 67.7 Å². The number of methoxy groups -OCH3 is 2. The number of aromatic nitrogens is 2. The SMILES string of the molecule is COc1cnc(C2(O)CCCN(C)CC2)c(OC)n1. The Labute approximate surface area is 113 Å². The number of nitrogens with zero attached hydrogens (tertiary/aromatic N) is 3. The number of aliphatic hydroxyl groups is 1. The molecular formula is C13H21N3O3. The molecule has 0 bridgehead atoms. The highest BCUT2D eigenvalue weighted by Crippen LogP contribution is 2.36. The second-order valence-electron chi connectivity index (χ2n) is 4.96. The van der Waals surface area contributed by atoms with E-state index in [1.165, 1.54) is 20.4 Å². The molecular weight excluding hydrogens is 246 g/mol. The second-order valence-corrected chi connectivity index (χ2v) is 4.96. The van der Waals surface area contributed by atoms with E-state index in [0.717, 1.165) is 19.5 Å². The highest BCUT2D eigenvalue weighted by atomic mass is 16.5. The number of likely N-dealkylation sites (tertiary alicyclic amines) is 1. The van der Waals surface area contributed by atoms with Crippen molar-refractivity contribution in [2.75, 3.05) is 34.4 Å². The van der Waals surface area contributed by atoms with Gasteiger partial charge in [0.05, 0.1) is 20.4 Å². The first-order valence-electron chi connectivity index (χ1n) is 6.45. The van der Waals surface area contributed by atoms with Gasteiger partial charge in [-0.1, -0.05) is 0 Å². The lowest BCUT2D eigenvalue weighted by Gasteiger charge is -2.26. The monoisotopic (exact) mass is 267 g/mol. The van der Waals surface area contributed by atoms with Crippen LogP contribution in [0.1, 0.15) is 25.0 Å². The minimum atomic E-state index is -0.977. The molecule has 1 saturated heterocycles. The highest BCUT2D eigenvalue weighted by molar-refractivity contribution is 5.28. The molecule has 0 saturated carbocycles. The van der Waals surface area contributed by atoms with Gasteiger partial charge in [0.25, 0.3) is 0 Å². The average Bonchev–Trinajstić information content (AvgIpc) is 2.61. The van der Waals surface area contributed by atoms with Crippen molar-refractivity contribution in [3.05, 3.63) is 11.9 Å². The summed E-state index contributed by atoms with van der Waals surface area (Å²) in [6, 6.07) is 0. The maximum absolute atomic E-state index is 10.9. The normalized spacial score (nSPS) is 24.8. The Hall–Kier alpha value is -1.40. The van der Waals surface area contributed by atoms with Crippen LogP contribution in [-0.4, -0.2) is 54.3 Å². The molecule has 1 unspecified atom stereocenters. The number of hydrogen-bond acceptors (Lipinski definition) is 6. The molecule has 0 amide bonds. The molecule has 1 aromatic heterocycles. The summed E-state index contributed by atoms with van der Waals surface area (Å²) in [6.45, 7) is 1.81. The van der Waals surface area contributed by atoms with Gasteiger partial charge in [0.15, 0.2) is 0 Å². The van der Waals surface area contributed by atoms with Crippen LogP contribution in [0.25, 0.3) is 0 Å². The Kier molecular flexibility index (Phi) is 4.21. The molecule has 0 radical (unpaired) electrons. The van der Waals surface area contributed by atoms with Crippen LogP contribution < -0.4 is 9.47 Å². The third kappa shape index (κ3) is 2.96. The summed E-state index contributed by atoms with van der Waals surface area (Å²) in [4.78, 5) is 10.7. The Morgan fingerprint density at radius 1 is 1.26 bits per heavy atom. The van der Waals surface area contributed by atoms with Gasteiger partial charge >= 0.3 is 0 Å². The molecule has 0 aromatic carbocycles. The molecule has 0 spiro atoms. The summed E-state index contributed by atoms with van der Waals surface area (Å²) < 4.78 is 10.3. The average molecular weight is 267 g/mol. The van der Waals surface area contributed by atoms with Crippen molar-refractivity contribution in [3.8, 4) is 11.8 Å². The van der Waals surface area contributed by atoms with Crippen LogP contribution in [0.5, 0.6) is 11.8 Å². The third-order valence-corrected chi connectivity index (χ3v) is 3.60. The Morgan fingerprint density at radius 2 is 2.05 bits per heavy atom. The minimum Gasteiger partial charge on any atom is -0.480 e. The maximum atomic E-state index is 10.9. The van der Waals surface area contributed by atoms with E-state index in [1.54, 1.807) is 0 Å². The standard InChI is InChI=1S/C13H21N3O3/c1-16-7-4-5-13(17,6-8-16)11-12(19-3)15-10(18-2)9-14-11/h9,17H,4-8H2,1-3H3. The van der Waals surface area contributed by atoms with Crippen LogP contribution in [0.2, 0.25) is 0 Å². The Morgan fingerprint density at radius 3 is 2.74 bits per heavy atom. The molecule has 0 aliphatic carbocycles. The van der Waals surface area contributed by atoms with E-state index in [9.17, 15) is 5.11 Å². The second kappa shape index (κ2) is 5.71. The third-order valence-electron chi connectivity index (χ3n) is 3.60. The fourth-order valence-electron chi connectivity index (χ4n) is 2.41. The van der Waals surface area contributed by atoms with Crippen molar-refractivity contribution in [3.63, 3.8) is 0 Å². The van der Waals surface area contributed by atoms with Gasteiger partial charge in [-0.15, -0.1) is 0 Å².